The Labute approximate surface area is 118 Å². The van der Waals surface area contributed by atoms with E-state index >= 15 is 0 Å². The Morgan fingerprint density at radius 1 is 1.30 bits per heavy atom. The molecule has 2 rings (SSSR count). The van der Waals surface area contributed by atoms with E-state index in [-0.39, 0.29) is 18.3 Å². The van der Waals surface area contributed by atoms with Crippen molar-refractivity contribution in [3.8, 4) is 5.75 Å². The average molecular weight is 276 g/mol. The van der Waals surface area contributed by atoms with Crippen molar-refractivity contribution in [3.05, 3.63) is 29.8 Å². The number of ketones is 1. The first-order chi connectivity index (χ1) is 9.69. The topological polar surface area (TPSA) is 67.4 Å². The normalized spacial score (nSPS) is 14.4. The molecule has 0 spiro atoms. The van der Waals surface area contributed by atoms with Gasteiger partial charge in [-0.05, 0) is 24.3 Å². The fraction of sp³-hybridized carbons (Fsp3) is 0.467. The van der Waals surface area contributed by atoms with Crippen molar-refractivity contribution in [2.75, 3.05) is 26.2 Å². The standard InChI is InChI=1S/C15H20N2O3/c1-2-14(18)12-3-5-13(6-4-12)20-10-15(19)17-9-11-7-16-8-11/h3-6,11,16H,2,7-10H2,1H3,(H,17,19). The van der Waals surface area contributed by atoms with Gasteiger partial charge in [-0.25, -0.2) is 0 Å². The van der Waals surface area contributed by atoms with Crippen LogP contribution in [0.25, 0.3) is 0 Å². The van der Waals surface area contributed by atoms with Gasteiger partial charge in [0.1, 0.15) is 5.75 Å². The number of hydrogen-bond donors (Lipinski definition) is 2. The summed E-state index contributed by atoms with van der Waals surface area (Å²) in [5, 5.41) is 5.99. The molecule has 1 aliphatic heterocycles. The highest BCUT2D eigenvalue weighted by Crippen LogP contribution is 2.13. The van der Waals surface area contributed by atoms with E-state index in [1.165, 1.54) is 0 Å². The Kier molecular flexibility index (Phi) is 5.12. The fourth-order valence-electron chi connectivity index (χ4n) is 1.89. The van der Waals surface area contributed by atoms with Gasteiger partial charge in [0, 0.05) is 37.5 Å². The van der Waals surface area contributed by atoms with Crippen molar-refractivity contribution in [3.63, 3.8) is 0 Å². The van der Waals surface area contributed by atoms with Gasteiger partial charge < -0.3 is 15.4 Å². The highest BCUT2D eigenvalue weighted by Gasteiger charge is 2.17. The molecule has 0 saturated carbocycles. The van der Waals surface area contributed by atoms with Crippen LogP contribution in [0.3, 0.4) is 0 Å². The van der Waals surface area contributed by atoms with Crippen LogP contribution in [-0.2, 0) is 4.79 Å². The van der Waals surface area contributed by atoms with Crippen molar-refractivity contribution in [2.45, 2.75) is 13.3 Å². The molecule has 0 aliphatic carbocycles. The SMILES string of the molecule is CCC(=O)c1ccc(OCC(=O)NCC2CNC2)cc1. The van der Waals surface area contributed by atoms with Crippen LogP contribution >= 0.6 is 0 Å². The summed E-state index contributed by atoms with van der Waals surface area (Å²) >= 11 is 0. The number of Topliss-reactive ketones (excluding diaryl/α,β-unsaturated/α-hetero) is 1. The molecule has 0 radical (unpaired) electrons. The van der Waals surface area contributed by atoms with Crippen molar-refractivity contribution in [1.82, 2.24) is 10.6 Å². The number of ether oxygens (including phenoxy) is 1. The van der Waals surface area contributed by atoms with Gasteiger partial charge in [-0.15, -0.1) is 0 Å². The molecule has 0 unspecified atom stereocenters. The second-order valence-corrected chi connectivity index (χ2v) is 4.92. The van der Waals surface area contributed by atoms with Crippen LogP contribution in [0.1, 0.15) is 23.7 Å². The van der Waals surface area contributed by atoms with Gasteiger partial charge >= 0.3 is 0 Å². The molecule has 1 amide bonds. The van der Waals surface area contributed by atoms with E-state index in [9.17, 15) is 9.59 Å². The average Bonchev–Trinajstić information content (AvgIpc) is 2.43. The number of carbonyl (C=O) groups is 2. The summed E-state index contributed by atoms with van der Waals surface area (Å²) < 4.78 is 5.38. The number of carbonyl (C=O) groups excluding carboxylic acids is 2. The van der Waals surface area contributed by atoms with Crippen LogP contribution in [0, 0.1) is 5.92 Å². The highest BCUT2D eigenvalue weighted by atomic mass is 16.5. The number of hydrogen-bond acceptors (Lipinski definition) is 4. The minimum Gasteiger partial charge on any atom is -0.484 e. The van der Waals surface area contributed by atoms with Crippen LogP contribution in [0.15, 0.2) is 24.3 Å². The monoisotopic (exact) mass is 276 g/mol. The largest absolute Gasteiger partial charge is 0.484 e. The predicted molar refractivity (Wildman–Crippen MR) is 75.9 cm³/mol. The lowest BCUT2D eigenvalue weighted by molar-refractivity contribution is -0.123. The predicted octanol–water partition coefficient (Wildman–Crippen LogP) is 0.994. The summed E-state index contributed by atoms with van der Waals surface area (Å²) in [4.78, 5) is 23.0. The smallest absolute Gasteiger partial charge is 0.257 e. The van der Waals surface area contributed by atoms with Crippen LogP contribution in [0.2, 0.25) is 0 Å². The van der Waals surface area contributed by atoms with E-state index in [0.717, 1.165) is 13.1 Å². The lowest BCUT2D eigenvalue weighted by Crippen LogP contribution is -2.48. The molecule has 0 atom stereocenters. The molecular weight excluding hydrogens is 256 g/mol. The Morgan fingerprint density at radius 3 is 2.55 bits per heavy atom. The van der Waals surface area contributed by atoms with Crippen LogP contribution in [0.4, 0.5) is 0 Å². The van der Waals surface area contributed by atoms with E-state index in [1.54, 1.807) is 24.3 Å². The van der Waals surface area contributed by atoms with Crippen LogP contribution in [0.5, 0.6) is 5.75 Å². The summed E-state index contributed by atoms with van der Waals surface area (Å²) in [6.07, 6.45) is 0.485. The molecular formula is C15H20N2O3. The Hall–Kier alpha value is -1.88. The lowest BCUT2D eigenvalue weighted by atomic mass is 10.0. The second kappa shape index (κ2) is 7.05. The molecule has 1 heterocycles. The molecule has 0 aromatic heterocycles. The second-order valence-electron chi connectivity index (χ2n) is 4.92. The first kappa shape index (κ1) is 14.5. The molecule has 5 nitrogen and oxygen atoms in total. The molecule has 1 fully saturated rings. The number of benzene rings is 1. The van der Waals surface area contributed by atoms with Gasteiger partial charge in [-0.3, -0.25) is 9.59 Å². The maximum atomic E-state index is 11.6. The van der Waals surface area contributed by atoms with Gasteiger partial charge in [0.05, 0.1) is 0 Å². The maximum Gasteiger partial charge on any atom is 0.257 e. The summed E-state index contributed by atoms with van der Waals surface area (Å²) in [7, 11) is 0. The van der Waals surface area contributed by atoms with Crippen LogP contribution in [-0.4, -0.2) is 37.9 Å². The summed E-state index contributed by atoms with van der Waals surface area (Å²) in [5.41, 5.74) is 0.668. The van der Waals surface area contributed by atoms with Gasteiger partial charge in [0.15, 0.2) is 12.4 Å². The molecule has 20 heavy (non-hydrogen) atoms. The van der Waals surface area contributed by atoms with E-state index in [0.29, 0.717) is 30.2 Å². The first-order valence-corrected chi connectivity index (χ1v) is 6.92. The molecule has 1 aliphatic rings. The minimum atomic E-state index is -0.120. The Bertz CT molecular complexity index is 467. The van der Waals surface area contributed by atoms with Crippen molar-refractivity contribution in [2.24, 2.45) is 5.92 Å². The van der Waals surface area contributed by atoms with Gasteiger partial charge in [-0.2, -0.15) is 0 Å². The zero-order valence-corrected chi connectivity index (χ0v) is 11.6. The van der Waals surface area contributed by atoms with Crippen molar-refractivity contribution < 1.29 is 14.3 Å². The summed E-state index contributed by atoms with van der Waals surface area (Å²) in [6.45, 7) is 4.46. The number of nitrogens with one attached hydrogen (secondary N) is 2. The molecule has 108 valence electrons. The third-order valence-corrected chi connectivity index (χ3v) is 3.32. The zero-order valence-electron chi connectivity index (χ0n) is 11.6. The zero-order chi connectivity index (χ0) is 14.4. The number of amides is 1. The third-order valence-electron chi connectivity index (χ3n) is 3.32. The van der Waals surface area contributed by atoms with E-state index in [4.69, 9.17) is 4.74 Å². The van der Waals surface area contributed by atoms with E-state index < -0.39 is 0 Å². The number of rotatable bonds is 7. The fourth-order valence-corrected chi connectivity index (χ4v) is 1.89. The molecule has 1 aromatic carbocycles. The first-order valence-electron chi connectivity index (χ1n) is 6.92. The molecule has 0 bridgehead atoms. The Morgan fingerprint density at radius 2 is 2.00 bits per heavy atom. The lowest BCUT2D eigenvalue weighted by Gasteiger charge is -2.27. The molecule has 1 saturated heterocycles. The maximum absolute atomic E-state index is 11.6. The quantitative estimate of drug-likeness (QED) is 0.729. The van der Waals surface area contributed by atoms with E-state index in [2.05, 4.69) is 10.6 Å². The molecule has 1 aromatic rings. The van der Waals surface area contributed by atoms with Crippen molar-refractivity contribution >= 4 is 11.7 Å². The third kappa shape index (κ3) is 4.06. The summed E-state index contributed by atoms with van der Waals surface area (Å²) in [5.74, 6) is 1.12. The molecule has 2 N–H and O–H groups in total. The highest BCUT2D eigenvalue weighted by molar-refractivity contribution is 5.95. The summed E-state index contributed by atoms with van der Waals surface area (Å²) in [6, 6.07) is 6.87. The van der Waals surface area contributed by atoms with E-state index in [1.807, 2.05) is 6.92 Å². The van der Waals surface area contributed by atoms with Gasteiger partial charge in [-0.1, -0.05) is 6.92 Å². The van der Waals surface area contributed by atoms with Gasteiger partial charge in [0.2, 0.25) is 0 Å². The molecule has 5 heteroatoms. The van der Waals surface area contributed by atoms with Crippen molar-refractivity contribution in [1.29, 1.82) is 0 Å². The minimum absolute atomic E-state index is 0.00121. The Balaban J connectivity index is 1.72. The van der Waals surface area contributed by atoms with Crippen LogP contribution < -0.4 is 15.4 Å². The van der Waals surface area contributed by atoms with Gasteiger partial charge in [0.25, 0.3) is 5.91 Å².